The Bertz CT molecular complexity index is 831. The van der Waals surface area contributed by atoms with Crippen molar-refractivity contribution in [3.8, 4) is 5.88 Å². The molecule has 4 rings (SSSR count). The number of rotatable bonds is 4. The number of aryl methyl sites for hydroxylation is 1. The van der Waals surface area contributed by atoms with E-state index in [1.54, 1.807) is 11.3 Å². The molecule has 0 saturated carbocycles. The molecule has 1 fully saturated rings. The molecule has 128 valence electrons. The molecular weight excluding hydrogens is 342 g/mol. The lowest BCUT2D eigenvalue weighted by atomic mass is 10.1. The van der Waals surface area contributed by atoms with Crippen LogP contribution in [0.25, 0.3) is 4.96 Å². The Kier molecular flexibility index (Phi) is 4.29. The SMILES string of the molecule is CCN1CCN(C(c2sccc2C)c2sc3ncnn3c2O)CC1. The van der Waals surface area contributed by atoms with Gasteiger partial charge in [-0.2, -0.15) is 9.61 Å². The molecule has 1 saturated heterocycles. The Labute approximate surface area is 149 Å². The van der Waals surface area contributed by atoms with E-state index in [1.165, 1.54) is 32.6 Å². The fourth-order valence-corrected chi connectivity index (χ4v) is 5.54. The zero-order chi connectivity index (χ0) is 16.7. The van der Waals surface area contributed by atoms with E-state index in [0.29, 0.717) is 0 Å². The fraction of sp³-hybridized carbons (Fsp3) is 0.500. The molecule has 0 aliphatic carbocycles. The largest absolute Gasteiger partial charge is 0.492 e. The first-order valence-electron chi connectivity index (χ1n) is 8.20. The van der Waals surface area contributed by atoms with Crippen molar-refractivity contribution in [1.82, 2.24) is 24.4 Å². The second-order valence-corrected chi connectivity index (χ2v) is 8.04. The lowest BCUT2D eigenvalue weighted by Gasteiger charge is -2.38. The summed E-state index contributed by atoms with van der Waals surface area (Å²) in [6.07, 6.45) is 1.49. The number of thiophene rings is 1. The molecule has 6 nitrogen and oxygen atoms in total. The number of thiazole rings is 1. The van der Waals surface area contributed by atoms with E-state index in [4.69, 9.17) is 0 Å². The average molecular weight is 364 g/mol. The van der Waals surface area contributed by atoms with E-state index in [1.807, 2.05) is 0 Å². The molecule has 1 aliphatic rings. The summed E-state index contributed by atoms with van der Waals surface area (Å²) in [7, 11) is 0. The van der Waals surface area contributed by atoms with Gasteiger partial charge in [-0.3, -0.25) is 4.90 Å². The minimum Gasteiger partial charge on any atom is -0.492 e. The number of hydrogen-bond donors (Lipinski definition) is 1. The summed E-state index contributed by atoms with van der Waals surface area (Å²) in [5.74, 6) is 0.225. The lowest BCUT2D eigenvalue weighted by Crippen LogP contribution is -2.47. The molecule has 8 heteroatoms. The van der Waals surface area contributed by atoms with E-state index in [-0.39, 0.29) is 11.9 Å². The van der Waals surface area contributed by atoms with E-state index >= 15 is 0 Å². The van der Waals surface area contributed by atoms with Crippen molar-refractivity contribution >= 4 is 27.6 Å². The summed E-state index contributed by atoms with van der Waals surface area (Å²) in [6, 6.07) is 2.24. The van der Waals surface area contributed by atoms with Crippen LogP contribution in [0.4, 0.5) is 0 Å². The first-order valence-corrected chi connectivity index (χ1v) is 9.90. The van der Waals surface area contributed by atoms with E-state index in [9.17, 15) is 5.11 Å². The normalized spacial score (nSPS) is 18.4. The standard InChI is InChI=1S/C16H21N5OS2/c1-3-19-5-7-20(8-6-19)12(13-11(2)4-9-23-13)14-15(22)21-16(24-14)17-10-18-21/h4,9-10,12,22H,3,5-8H2,1-2H3. The van der Waals surface area contributed by atoms with Gasteiger partial charge in [0.05, 0.1) is 10.9 Å². The summed E-state index contributed by atoms with van der Waals surface area (Å²) in [6.45, 7) is 9.60. The summed E-state index contributed by atoms with van der Waals surface area (Å²) in [5.41, 5.74) is 1.28. The predicted octanol–water partition coefficient (Wildman–Crippen LogP) is 2.59. The first-order chi connectivity index (χ1) is 11.7. The van der Waals surface area contributed by atoms with E-state index in [2.05, 4.69) is 45.2 Å². The molecule has 24 heavy (non-hydrogen) atoms. The molecule has 0 amide bonds. The predicted molar refractivity (Wildman–Crippen MR) is 97.1 cm³/mol. The van der Waals surface area contributed by atoms with Gasteiger partial charge in [0.2, 0.25) is 10.8 Å². The highest BCUT2D eigenvalue weighted by Crippen LogP contribution is 2.42. The number of likely N-dealkylation sites (N-methyl/N-ethyl adjacent to an activating group) is 1. The molecule has 1 N–H and O–H groups in total. The van der Waals surface area contributed by atoms with Gasteiger partial charge in [-0.1, -0.05) is 18.3 Å². The quantitative estimate of drug-likeness (QED) is 0.772. The van der Waals surface area contributed by atoms with E-state index < -0.39 is 0 Å². The summed E-state index contributed by atoms with van der Waals surface area (Å²) < 4.78 is 1.54. The van der Waals surface area contributed by atoms with Crippen LogP contribution < -0.4 is 0 Å². The molecule has 0 bridgehead atoms. The Morgan fingerprint density at radius 2 is 2.04 bits per heavy atom. The monoisotopic (exact) mass is 363 g/mol. The van der Waals surface area contributed by atoms with Crippen LogP contribution in [0.15, 0.2) is 17.8 Å². The van der Waals surface area contributed by atoms with Gasteiger partial charge in [-0.25, -0.2) is 4.98 Å². The summed E-state index contributed by atoms with van der Waals surface area (Å²) in [5, 5.41) is 17.0. The number of aromatic nitrogens is 3. The molecule has 4 heterocycles. The third-order valence-corrected chi connectivity index (χ3v) is 6.91. The highest BCUT2D eigenvalue weighted by Gasteiger charge is 2.32. The maximum atomic E-state index is 10.7. The number of piperazine rings is 1. The van der Waals surface area contributed by atoms with Crippen molar-refractivity contribution in [3.63, 3.8) is 0 Å². The Morgan fingerprint density at radius 3 is 2.67 bits per heavy atom. The summed E-state index contributed by atoms with van der Waals surface area (Å²) >= 11 is 3.30. The Balaban J connectivity index is 1.75. The third-order valence-electron chi connectivity index (χ3n) is 4.76. The van der Waals surface area contributed by atoms with Gasteiger partial charge in [0.15, 0.2) is 0 Å². The van der Waals surface area contributed by atoms with Gasteiger partial charge in [-0.05, 0) is 30.5 Å². The van der Waals surface area contributed by atoms with Gasteiger partial charge in [0.25, 0.3) is 0 Å². The molecule has 3 aromatic rings. The number of fused-ring (bicyclic) bond motifs is 1. The van der Waals surface area contributed by atoms with Crippen molar-refractivity contribution in [2.75, 3.05) is 32.7 Å². The molecule has 1 aliphatic heterocycles. The Hall–Kier alpha value is -1.48. The van der Waals surface area contributed by atoms with Crippen LogP contribution in [0.1, 0.15) is 28.3 Å². The smallest absolute Gasteiger partial charge is 0.230 e. The second kappa shape index (κ2) is 6.44. The number of aromatic hydroxyl groups is 1. The minimum absolute atomic E-state index is 0.0810. The fourth-order valence-electron chi connectivity index (χ4n) is 3.33. The van der Waals surface area contributed by atoms with Crippen molar-refractivity contribution < 1.29 is 5.11 Å². The van der Waals surface area contributed by atoms with Gasteiger partial charge in [-0.15, -0.1) is 11.3 Å². The van der Waals surface area contributed by atoms with Gasteiger partial charge < -0.3 is 10.0 Å². The van der Waals surface area contributed by atoms with Crippen LogP contribution in [-0.4, -0.2) is 62.2 Å². The van der Waals surface area contributed by atoms with Crippen molar-refractivity contribution in [2.24, 2.45) is 0 Å². The zero-order valence-electron chi connectivity index (χ0n) is 13.8. The Morgan fingerprint density at radius 1 is 1.25 bits per heavy atom. The van der Waals surface area contributed by atoms with Gasteiger partial charge in [0, 0.05) is 31.1 Å². The maximum Gasteiger partial charge on any atom is 0.230 e. The number of hydrogen-bond acceptors (Lipinski definition) is 7. The molecule has 0 spiro atoms. The zero-order valence-corrected chi connectivity index (χ0v) is 15.5. The first kappa shape index (κ1) is 16.0. The topological polar surface area (TPSA) is 56.9 Å². The molecule has 0 aromatic carbocycles. The van der Waals surface area contributed by atoms with Crippen LogP contribution in [0, 0.1) is 6.92 Å². The van der Waals surface area contributed by atoms with Crippen LogP contribution >= 0.6 is 22.7 Å². The molecule has 1 unspecified atom stereocenters. The maximum absolute atomic E-state index is 10.7. The van der Waals surface area contributed by atoms with Crippen molar-refractivity contribution in [3.05, 3.63) is 33.1 Å². The van der Waals surface area contributed by atoms with Crippen LogP contribution in [0.3, 0.4) is 0 Å². The average Bonchev–Trinajstić information content (AvgIpc) is 3.29. The van der Waals surface area contributed by atoms with Crippen molar-refractivity contribution in [2.45, 2.75) is 19.9 Å². The minimum atomic E-state index is 0.0810. The third kappa shape index (κ3) is 2.63. The number of nitrogens with zero attached hydrogens (tertiary/aromatic N) is 5. The van der Waals surface area contributed by atoms with Crippen LogP contribution in [0.2, 0.25) is 0 Å². The van der Waals surface area contributed by atoms with Gasteiger partial charge >= 0.3 is 0 Å². The molecular formula is C16H21N5OS2. The van der Waals surface area contributed by atoms with Gasteiger partial charge in [0.1, 0.15) is 6.33 Å². The summed E-state index contributed by atoms with van der Waals surface area (Å²) in [4.78, 5) is 12.2. The second-order valence-electron chi connectivity index (χ2n) is 6.08. The van der Waals surface area contributed by atoms with Crippen molar-refractivity contribution in [1.29, 1.82) is 0 Å². The lowest BCUT2D eigenvalue weighted by molar-refractivity contribution is 0.114. The molecule has 0 radical (unpaired) electrons. The highest BCUT2D eigenvalue weighted by molar-refractivity contribution is 7.17. The van der Waals surface area contributed by atoms with Crippen LogP contribution in [-0.2, 0) is 0 Å². The van der Waals surface area contributed by atoms with E-state index in [0.717, 1.165) is 42.6 Å². The molecule has 1 atom stereocenters. The molecule has 3 aromatic heterocycles. The van der Waals surface area contributed by atoms with Crippen LogP contribution in [0.5, 0.6) is 5.88 Å². The highest BCUT2D eigenvalue weighted by atomic mass is 32.1.